The van der Waals surface area contributed by atoms with E-state index in [1.54, 1.807) is 9.58 Å². The summed E-state index contributed by atoms with van der Waals surface area (Å²) in [5.74, 6) is -0.165. The van der Waals surface area contributed by atoms with E-state index in [2.05, 4.69) is 9.82 Å². The average Bonchev–Trinajstić information content (AvgIpc) is 2.98. The van der Waals surface area contributed by atoms with Crippen LogP contribution in [-0.2, 0) is 26.3 Å². The molecular weight excluding hydrogens is 346 g/mol. The highest BCUT2D eigenvalue weighted by atomic mass is 32.2. The monoisotopic (exact) mass is 371 g/mol. The van der Waals surface area contributed by atoms with Crippen molar-refractivity contribution >= 4 is 16.1 Å². The lowest BCUT2D eigenvalue weighted by Crippen LogP contribution is -2.59. The van der Waals surface area contributed by atoms with Crippen molar-refractivity contribution in [3.8, 4) is 0 Å². The van der Waals surface area contributed by atoms with Crippen LogP contribution in [0.4, 0.5) is 0 Å². The number of hydrogen-bond acceptors (Lipinski definition) is 5. The van der Waals surface area contributed by atoms with Crippen LogP contribution < -0.4 is 4.72 Å². The zero-order valence-corrected chi connectivity index (χ0v) is 15.6. The summed E-state index contributed by atoms with van der Waals surface area (Å²) in [5.41, 5.74) is 1.59. The molecule has 0 aliphatic carbocycles. The second-order valence-electron chi connectivity index (χ2n) is 6.41. The van der Waals surface area contributed by atoms with E-state index in [0.717, 1.165) is 15.6 Å². The van der Waals surface area contributed by atoms with Crippen molar-refractivity contribution in [1.29, 1.82) is 0 Å². The molecule has 0 unspecified atom stereocenters. The number of rotatable bonds is 3. The summed E-state index contributed by atoms with van der Waals surface area (Å²) >= 11 is 0. The van der Waals surface area contributed by atoms with E-state index in [9.17, 15) is 13.2 Å². The molecule has 3 heterocycles. The lowest BCUT2D eigenvalue weighted by molar-refractivity contribution is -0.139. The predicted octanol–water partition coefficient (Wildman–Crippen LogP) is -0.350. The van der Waals surface area contributed by atoms with Gasteiger partial charge in [-0.15, -0.1) is 0 Å². The van der Waals surface area contributed by atoms with Crippen molar-refractivity contribution in [2.24, 2.45) is 0 Å². The molecule has 1 N–H and O–H groups in total. The fourth-order valence-corrected chi connectivity index (χ4v) is 4.59. The molecule has 0 bridgehead atoms. The van der Waals surface area contributed by atoms with E-state index >= 15 is 0 Å². The molecule has 1 amide bonds. The molecule has 0 aromatic carbocycles. The van der Waals surface area contributed by atoms with Crippen molar-refractivity contribution in [2.75, 3.05) is 33.4 Å². The van der Waals surface area contributed by atoms with Gasteiger partial charge in [0.25, 0.3) is 10.2 Å². The first-order chi connectivity index (χ1) is 11.8. The van der Waals surface area contributed by atoms with Crippen LogP contribution in [0.3, 0.4) is 0 Å². The van der Waals surface area contributed by atoms with Gasteiger partial charge in [0.2, 0.25) is 5.91 Å². The first-order valence-electron chi connectivity index (χ1n) is 8.49. The Balaban J connectivity index is 1.87. The standard InChI is InChI=1S/C15H25N5O4S/c1-4-20-10-12(11(2)16-20)13-9-14(18(3)25(22,23)17-13)15(21)19-5-7-24-8-6-19/h10,13-14,17H,4-9H2,1-3H3/t13-,14-/m1/s1. The smallest absolute Gasteiger partial charge is 0.280 e. The molecule has 10 heteroatoms. The Hall–Kier alpha value is -1.49. The number of nitrogens with zero attached hydrogens (tertiary/aromatic N) is 4. The minimum Gasteiger partial charge on any atom is -0.378 e. The lowest BCUT2D eigenvalue weighted by Gasteiger charge is -2.39. The number of nitrogens with one attached hydrogen (secondary N) is 1. The minimum absolute atomic E-state index is 0.165. The molecule has 0 spiro atoms. The maximum absolute atomic E-state index is 12.9. The number of aromatic nitrogens is 2. The van der Waals surface area contributed by atoms with E-state index in [1.165, 1.54) is 7.05 Å². The Morgan fingerprint density at radius 2 is 2.08 bits per heavy atom. The molecule has 0 saturated carbocycles. The molecule has 9 nitrogen and oxygen atoms in total. The van der Waals surface area contributed by atoms with E-state index in [-0.39, 0.29) is 5.91 Å². The molecule has 3 rings (SSSR count). The Bertz CT molecular complexity index is 741. The van der Waals surface area contributed by atoms with Gasteiger partial charge in [0, 0.05) is 38.4 Å². The third-order valence-corrected chi connectivity index (χ3v) is 6.45. The van der Waals surface area contributed by atoms with Gasteiger partial charge < -0.3 is 9.64 Å². The summed E-state index contributed by atoms with van der Waals surface area (Å²) in [6.45, 7) is 6.49. The van der Waals surface area contributed by atoms with Crippen molar-refractivity contribution in [3.63, 3.8) is 0 Å². The summed E-state index contributed by atoms with van der Waals surface area (Å²) in [6.07, 6.45) is 2.23. The van der Waals surface area contributed by atoms with Gasteiger partial charge in [0.1, 0.15) is 6.04 Å². The van der Waals surface area contributed by atoms with E-state index in [1.807, 2.05) is 20.0 Å². The highest BCUT2D eigenvalue weighted by Crippen LogP contribution is 2.30. The molecule has 1 aromatic rings. The minimum atomic E-state index is -3.74. The van der Waals surface area contributed by atoms with Crippen LogP contribution in [0.5, 0.6) is 0 Å². The molecule has 25 heavy (non-hydrogen) atoms. The molecule has 0 radical (unpaired) electrons. The van der Waals surface area contributed by atoms with Crippen molar-refractivity contribution in [3.05, 3.63) is 17.5 Å². The van der Waals surface area contributed by atoms with E-state index in [4.69, 9.17) is 4.74 Å². The molecular formula is C15H25N5O4S. The number of likely N-dealkylation sites (N-methyl/N-ethyl adjacent to an activating group) is 1. The molecule has 2 atom stereocenters. The Kier molecular flexibility index (Phi) is 5.14. The van der Waals surface area contributed by atoms with Gasteiger partial charge in [-0.25, -0.2) is 0 Å². The third-order valence-electron chi connectivity index (χ3n) is 4.86. The number of ether oxygens (including phenoxy) is 1. The van der Waals surface area contributed by atoms with Gasteiger partial charge in [-0.05, 0) is 20.3 Å². The summed E-state index contributed by atoms with van der Waals surface area (Å²) in [7, 11) is -2.29. The maximum Gasteiger partial charge on any atom is 0.280 e. The summed E-state index contributed by atoms with van der Waals surface area (Å²) in [5, 5.41) is 4.39. The van der Waals surface area contributed by atoms with Crippen LogP contribution in [-0.4, -0.2) is 72.7 Å². The first kappa shape index (κ1) is 18.3. The third kappa shape index (κ3) is 3.57. The van der Waals surface area contributed by atoms with Crippen LogP contribution in [0.15, 0.2) is 6.20 Å². The number of aryl methyl sites for hydroxylation is 2. The number of hydrogen-bond donors (Lipinski definition) is 1. The Labute approximate surface area is 148 Å². The van der Waals surface area contributed by atoms with Crippen molar-refractivity contribution in [1.82, 2.24) is 23.7 Å². The predicted molar refractivity (Wildman–Crippen MR) is 91.0 cm³/mol. The second-order valence-corrected chi connectivity index (χ2v) is 8.17. The van der Waals surface area contributed by atoms with Crippen molar-refractivity contribution in [2.45, 2.75) is 38.9 Å². The van der Waals surface area contributed by atoms with E-state index < -0.39 is 22.3 Å². The quantitative estimate of drug-likeness (QED) is 0.783. The first-order valence-corrected chi connectivity index (χ1v) is 9.93. The van der Waals surface area contributed by atoms with E-state index in [0.29, 0.717) is 39.3 Å². The molecule has 2 fully saturated rings. The Morgan fingerprint density at radius 1 is 1.40 bits per heavy atom. The number of carbonyl (C=O) groups is 1. The van der Waals surface area contributed by atoms with Gasteiger partial charge in [-0.1, -0.05) is 0 Å². The zero-order valence-electron chi connectivity index (χ0n) is 14.8. The second kappa shape index (κ2) is 7.02. The topological polar surface area (TPSA) is 96.8 Å². The average molecular weight is 371 g/mol. The van der Waals surface area contributed by atoms with Gasteiger partial charge in [0.15, 0.2) is 0 Å². The van der Waals surface area contributed by atoms with Gasteiger partial charge in [0.05, 0.1) is 24.9 Å². The Morgan fingerprint density at radius 3 is 2.68 bits per heavy atom. The lowest BCUT2D eigenvalue weighted by atomic mass is 9.99. The molecule has 1 aromatic heterocycles. The number of carbonyl (C=O) groups excluding carboxylic acids is 1. The maximum atomic E-state index is 12.9. The van der Waals surface area contributed by atoms with Crippen LogP contribution in [0.2, 0.25) is 0 Å². The van der Waals surface area contributed by atoms with Crippen LogP contribution in [0, 0.1) is 6.92 Å². The molecule has 2 aliphatic rings. The molecule has 140 valence electrons. The fraction of sp³-hybridized carbons (Fsp3) is 0.733. The SMILES string of the molecule is CCn1cc([C@H]2C[C@H](C(=O)N3CCOCC3)N(C)S(=O)(=O)N2)c(C)n1. The fourth-order valence-electron chi connectivity index (χ4n) is 3.33. The van der Waals surface area contributed by atoms with Gasteiger partial charge in [-0.2, -0.15) is 22.5 Å². The highest BCUT2D eigenvalue weighted by Gasteiger charge is 2.43. The number of amides is 1. The zero-order chi connectivity index (χ0) is 18.2. The molecule has 2 aliphatic heterocycles. The normalized spacial score (nSPS) is 27.4. The van der Waals surface area contributed by atoms with Gasteiger partial charge >= 0.3 is 0 Å². The highest BCUT2D eigenvalue weighted by molar-refractivity contribution is 7.87. The van der Waals surface area contributed by atoms with Crippen LogP contribution >= 0.6 is 0 Å². The van der Waals surface area contributed by atoms with Crippen LogP contribution in [0.1, 0.15) is 30.6 Å². The van der Waals surface area contributed by atoms with Crippen molar-refractivity contribution < 1.29 is 17.9 Å². The largest absolute Gasteiger partial charge is 0.378 e. The summed E-state index contributed by atoms with van der Waals surface area (Å²) < 4.78 is 36.0. The number of morpholine rings is 1. The summed E-state index contributed by atoms with van der Waals surface area (Å²) in [6, 6.07) is -1.18. The molecule has 2 saturated heterocycles. The summed E-state index contributed by atoms with van der Waals surface area (Å²) in [4.78, 5) is 14.6. The van der Waals surface area contributed by atoms with Crippen LogP contribution in [0.25, 0.3) is 0 Å². The van der Waals surface area contributed by atoms with Gasteiger partial charge in [-0.3, -0.25) is 9.48 Å².